The summed E-state index contributed by atoms with van der Waals surface area (Å²) in [5, 5.41) is 15.0. The van der Waals surface area contributed by atoms with Gasteiger partial charge in [-0.2, -0.15) is 9.78 Å². The minimum atomic E-state index is -3.55. The van der Waals surface area contributed by atoms with Crippen molar-refractivity contribution in [3.8, 4) is 11.4 Å². The molecule has 2 N–H and O–H groups in total. The smallest absolute Gasteiger partial charge is 0.279 e. The van der Waals surface area contributed by atoms with Gasteiger partial charge in [-0.3, -0.25) is 4.79 Å². The molecule has 8 heteroatoms. The van der Waals surface area contributed by atoms with Gasteiger partial charge in [0, 0.05) is 6.04 Å². The maximum absolute atomic E-state index is 12.7. The molecule has 0 unspecified atom stereocenters. The molecule has 0 bridgehead atoms. The number of nitrogens with zero attached hydrogens (tertiary/aromatic N) is 2. The molecule has 3 aromatic rings. The monoisotopic (exact) mass is 371 g/mol. The largest absolute Gasteiger partial charge is 0.507 e. The van der Waals surface area contributed by atoms with Crippen LogP contribution < -0.4 is 10.3 Å². The molecular formula is C18H17N3O4S. The van der Waals surface area contributed by atoms with E-state index in [4.69, 9.17) is 0 Å². The molecule has 0 atom stereocenters. The zero-order valence-electron chi connectivity index (χ0n) is 14.0. The fraction of sp³-hybridized carbons (Fsp3) is 0.222. The van der Waals surface area contributed by atoms with Crippen LogP contribution in [-0.4, -0.2) is 29.3 Å². The van der Waals surface area contributed by atoms with E-state index in [0.717, 1.165) is 12.8 Å². The normalized spacial score (nSPS) is 14.7. The van der Waals surface area contributed by atoms with Crippen LogP contribution in [-0.2, 0) is 10.0 Å². The highest BCUT2D eigenvalue weighted by molar-refractivity contribution is 7.89. The Hall–Kier alpha value is -2.71. The van der Waals surface area contributed by atoms with Gasteiger partial charge in [0.15, 0.2) is 0 Å². The number of fused-ring (bicyclic) bond motifs is 1. The average molecular weight is 371 g/mol. The third-order valence-electron chi connectivity index (χ3n) is 4.37. The Bertz CT molecular complexity index is 1160. The lowest BCUT2D eigenvalue weighted by molar-refractivity contribution is 0.481. The van der Waals surface area contributed by atoms with Crippen molar-refractivity contribution in [2.24, 2.45) is 0 Å². The summed E-state index contributed by atoms with van der Waals surface area (Å²) in [5.41, 5.74) is 0.576. The summed E-state index contributed by atoms with van der Waals surface area (Å²) in [6.07, 6.45) is 1.72. The molecule has 0 amide bonds. The molecule has 0 saturated heterocycles. The Morgan fingerprint density at radius 2 is 1.85 bits per heavy atom. The molecule has 1 heterocycles. The number of rotatable bonds is 4. The summed E-state index contributed by atoms with van der Waals surface area (Å²) in [5.74, 6) is 0.00402. The molecule has 7 nitrogen and oxygen atoms in total. The minimum absolute atomic E-state index is 0.00402. The van der Waals surface area contributed by atoms with E-state index < -0.39 is 10.0 Å². The summed E-state index contributed by atoms with van der Waals surface area (Å²) in [6.45, 7) is 1.70. The quantitative estimate of drug-likeness (QED) is 0.729. The van der Waals surface area contributed by atoms with Gasteiger partial charge < -0.3 is 5.11 Å². The van der Waals surface area contributed by atoms with Crippen molar-refractivity contribution in [2.45, 2.75) is 30.7 Å². The van der Waals surface area contributed by atoms with E-state index in [9.17, 15) is 18.3 Å². The molecular weight excluding hydrogens is 354 g/mol. The molecule has 1 fully saturated rings. The first-order chi connectivity index (χ1) is 12.4. The third-order valence-corrected chi connectivity index (χ3v) is 5.90. The summed E-state index contributed by atoms with van der Waals surface area (Å²) in [6, 6.07) is 10.8. The van der Waals surface area contributed by atoms with E-state index >= 15 is 0 Å². The first-order valence-corrected chi connectivity index (χ1v) is 9.69. The number of phenolic OH excluding ortho intramolecular Hbond substituents is 1. The molecule has 0 radical (unpaired) electrons. The van der Waals surface area contributed by atoms with Crippen molar-refractivity contribution in [3.05, 3.63) is 58.5 Å². The molecule has 1 aliphatic rings. The lowest BCUT2D eigenvalue weighted by atomic mass is 10.1. The molecule has 0 aliphatic heterocycles. The molecule has 1 aromatic heterocycles. The molecule has 26 heavy (non-hydrogen) atoms. The number of benzene rings is 2. The topological polar surface area (TPSA) is 101 Å². The average Bonchev–Trinajstić information content (AvgIpc) is 3.41. The van der Waals surface area contributed by atoms with Gasteiger partial charge in [-0.05, 0) is 56.2 Å². The van der Waals surface area contributed by atoms with Gasteiger partial charge in [0.05, 0.1) is 27.0 Å². The van der Waals surface area contributed by atoms with Crippen LogP contribution in [0.2, 0.25) is 0 Å². The number of hydrogen-bond donors (Lipinski definition) is 2. The fourth-order valence-electron chi connectivity index (χ4n) is 2.89. The van der Waals surface area contributed by atoms with Crippen molar-refractivity contribution in [1.82, 2.24) is 14.5 Å². The van der Waals surface area contributed by atoms with Gasteiger partial charge in [0.25, 0.3) is 5.56 Å². The van der Waals surface area contributed by atoms with E-state index in [2.05, 4.69) is 9.82 Å². The Kier molecular flexibility index (Phi) is 3.82. The Labute approximate surface area is 150 Å². The molecule has 2 aromatic carbocycles. The zero-order chi connectivity index (χ0) is 18.5. The van der Waals surface area contributed by atoms with Crippen LogP contribution in [0.4, 0.5) is 0 Å². The number of aromatic nitrogens is 2. The highest BCUT2D eigenvalue weighted by atomic mass is 32.2. The fourth-order valence-corrected chi connectivity index (χ4v) is 4.19. The van der Waals surface area contributed by atoms with Crippen molar-refractivity contribution >= 4 is 20.8 Å². The highest BCUT2D eigenvalue weighted by Crippen LogP contribution is 2.25. The molecule has 4 rings (SSSR count). The predicted octanol–water partition coefficient (Wildman–Crippen LogP) is 1.84. The number of aromatic hydroxyl groups is 1. The van der Waals surface area contributed by atoms with Crippen LogP contribution in [0.5, 0.6) is 5.75 Å². The highest BCUT2D eigenvalue weighted by Gasteiger charge is 2.27. The first-order valence-electron chi connectivity index (χ1n) is 8.21. The Balaban J connectivity index is 1.79. The maximum atomic E-state index is 12.7. The van der Waals surface area contributed by atoms with Crippen molar-refractivity contribution in [3.63, 3.8) is 0 Å². The molecule has 0 spiro atoms. The van der Waals surface area contributed by atoms with Crippen LogP contribution in [0.25, 0.3) is 16.5 Å². The second-order valence-corrected chi connectivity index (χ2v) is 8.11. The number of sulfonamides is 1. The van der Waals surface area contributed by atoms with Crippen LogP contribution in [0, 0.1) is 6.92 Å². The minimum Gasteiger partial charge on any atom is -0.507 e. The molecule has 134 valence electrons. The predicted molar refractivity (Wildman–Crippen MR) is 97.1 cm³/mol. The van der Waals surface area contributed by atoms with Gasteiger partial charge in [-0.25, -0.2) is 13.1 Å². The van der Waals surface area contributed by atoms with Crippen LogP contribution >= 0.6 is 0 Å². The molecule has 1 aliphatic carbocycles. The summed E-state index contributed by atoms with van der Waals surface area (Å²) in [4.78, 5) is 12.9. The van der Waals surface area contributed by atoms with Crippen LogP contribution in [0.15, 0.2) is 52.2 Å². The second-order valence-electron chi connectivity index (χ2n) is 6.39. The van der Waals surface area contributed by atoms with Crippen molar-refractivity contribution in [2.75, 3.05) is 0 Å². The first kappa shape index (κ1) is 16.7. The zero-order valence-corrected chi connectivity index (χ0v) is 14.8. The van der Waals surface area contributed by atoms with Crippen molar-refractivity contribution in [1.29, 1.82) is 0 Å². The van der Waals surface area contributed by atoms with E-state index in [-0.39, 0.29) is 22.2 Å². The second kappa shape index (κ2) is 5.93. The van der Waals surface area contributed by atoms with Crippen LogP contribution in [0.3, 0.4) is 0 Å². The van der Waals surface area contributed by atoms with Crippen LogP contribution in [0.1, 0.15) is 18.5 Å². The summed E-state index contributed by atoms with van der Waals surface area (Å²) in [7, 11) is -3.55. The van der Waals surface area contributed by atoms with Gasteiger partial charge in [0.2, 0.25) is 10.0 Å². The van der Waals surface area contributed by atoms with E-state index in [1.165, 1.54) is 22.9 Å². The van der Waals surface area contributed by atoms with Gasteiger partial charge in [-0.15, -0.1) is 0 Å². The standard InChI is InChI=1S/C18H17N3O4S/c1-11-17-15(3-2-4-16(17)22)18(23)21(19-11)13-7-9-14(10-8-13)26(24,25)20-12-5-6-12/h2-4,7-10,12,20,22H,5-6H2,1H3. The lowest BCUT2D eigenvalue weighted by Gasteiger charge is -2.11. The third kappa shape index (κ3) is 2.87. The van der Waals surface area contributed by atoms with E-state index in [1.54, 1.807) is 31.2 Å². The van der Waals surface area contributed by atoms with Gasteiger partial charge in [-0.1, -0.05) is 6.07 Å². The summed E-state index contributed by atoms with van der Waals surface area (Å²) >= 11 is 0. The molecule has 1 saturated carbocycles. The van der Waals surface area contributed by atoms with Crippen molar-refractivity contribution < 1.29 is 13.5 Å². The SMILES string of the molecule is Cc1nn(-c2ccc(S(=O)(=O)NC3CC3)cc2)c(=O)c2cccc(O)c12. The van der Waals surface area contributed by atoms with E-state index in [1.807, 2.05) is 0 Å². The van der Waals surface area contributed by atoms with Gasteiger partial charge >= 0.3 is 0 Å². The summed E-state index contributed by atoms with van der Waals surface area (Å²) < 4.78 is 28.3. The van der Waals surface area contributed by atoms with E-state index in [0.29, 0.717) is 22.2 Å². The Morgan fingerprint density at radius 3 is 2.50 bits per heavy atom. The lowest BCUT2D eigenvalue weighted by Crippen LogP contribution is -2.26. The maximum Gasteiger partial charge on any atom is 0.279 e. The number of aryl methyl sites for hydroxylation is 1. The number of phenols is 1. The number of hydrogen-bond acceptors (Lipinski definition) is 5. The Morgan fingerprint density at radius 1 is 1.15 bits per heavy atom. The van der Waals surface area contributed by atoms with Gasteiger partial charge in [0.1, 0.15) is 5.75 Å². The number of nitrogens with one attached hydrogen (secondary N) is 1.